The van der Waals surface area contributed by atoms with Gasteiger partial charge in [-0.25, -0.2) is 0 Å². The fourth-order valence-electron chi connectivity index (χ4n) is 1.97. The van der Waals surface area contributed by atoms with E-state index in [1.165, 1.54) is 12.1 Å². The smallest absolute Gasteiger partial charge is 0.250 e. The largest absolute Gasteiger partial charge is 0.366 e. The molecule has 0 atom stereocenters. The molecule has 0 fully saturated rings. The highest BCUT2D eigenvalue weighted by atomic mass is 35.5. The van der Waals surface area contributed by atoms with E-state index in [1.807, 2.05) is 6.08 Å². The van der Waals surface area contributed by atoms with Crippen molar-refractivity contribution in [2.45, 2.75) is 19.3 Å². The lowest BCUT2D eigenvalue weighted by Crippen LogP contribution is -2.12. The molecule has 0 aromatic heterocycles. The van der Waals surface area contributed by atoms with E-state index in [0.717, 1.165) is 18.4 Å². The van der Waals surface area contributed by atoms with E-state index in [4.69, 9.17) is 17.3 Å². The first-order chi connectivity index (χ1) is 9.08. The molecule has 19 heavy (non-hydrogen) atoms. The van der Waals surface area contributed by atoms with Crippen molar-refractivity contribution in [3.63, 3.8) is 0 Å². The molecule has 4 heteroatoms. The van der Waals surface area contributed by atoms with Gasteiger partial charge in [-0.3, -0.25) is 9.59 Å². The second-order valence-corrected chi connectivity index (χ2v) is 4.82. The summed E-state index contributed by atoms with van der Waals surface area (Å²) in [6.45, 7) is 0. The van der Waals surface area contributed by atoms with Crippen molar-refractivity contribution in [3.8, 4) is 0 Å². The Labute approximate surface area is 116 Å². The second-order valence-electron chi connectivity index (χ2n) is 4.42. The van der Waals surface area contributed by atoms with Crippen LogP contribution in [0.2, 0.25) is 5.02 Å². The number of ketones is 1. The maximum atomic E-state index is 12.1. The van der Waals surface area contributed by atoms with Crippen molar-refractivity contribution in [1.82, 2.24) is 0 Å². The number of allylic oxidation sites excluding steroid dienone is 4. The summed E-state index contributed by atoms with van der Waals surface area (Å²) in [5.41, 5.74) is 6.91. The Bertz CT molecular complexity index is 588. The summed E-state index contributed by atoms with van der Waals surface area (Å²) in [7, 11) is 0. The van der Waals surface area contributed by atoms with E-state index in [1.54, 1.807) is 6.07 Å². The van der Waals surface area contributed by atoms with Gasteiger partial charge in [-0.1, -0.05) is 35.9 Å². The summed E-state index contributed by atoms with van der Waals surface area (Å²) in [4.78, 5) is 23.2. The highest BCUT2D eigenvalue weighted by Crippen LogP contribution is 2.21. The molecule has 0 bridgehead atoms. The summed E-state index contributed by atoms with van der Waals surface area (Å²) in [6.07, 6.45) is 8.45. The Hall–Kier alpha value is -1.87. The maximum Gasteiger partial charge on any atom is 0.250 e. The number of rotatable bonds is 4. The van der Waals surface area contributed by atoms with Crippen molar-refractivity contribution in [2.75, 3.05) is 0 Å². The molecule has 98 valence electrons. The van der Waals surface area contributed by atoms with Gasteiger partial charge in [-0.15, -0.1) is 0 Å². The summed E-state index contributed by atoms with van der Waals surface area (Å²) < 4.78 is 0. The summed E-state index contributed by atoms with van der Waals surface area (Å²) >= 11 is 5.93. The van der Waals surface area contributed by atoms with Crippen molar-refractivity contribution in [2.24, 2.45) is 5.73 Å². The molecule has 0 heterocycles. The first-order valence-corrected chi connectivity index (χ1v) is 6.44. The number of hydrogen-bond acceptors (Lipinski definition) is 2. The number of nitrogens with two attached hydrogens (primary N) is 1. The Morgan fingerprint density at radius 2 is 2.05 bits per heavy atom. The molecule has 0 saturated heterocycles. The minimum absolute atomic E-state index is 0.0179. The molecule has 1 aliphatic rings. The van der Waals surface area contributed by atoms with Gasteiger partial charge in [0, 0.05) is 12.0 Å². The van der Waals surface area contributed by atoms with Crippen LogP contribution in [0.4, 0.5) is 0 Å². The highest BCUT2D eigenvalue weighted by molar-refractivity contribution is 6.34. The fourth-order valence-corrected chi connectivity index (χ4v) is 2.25. The van der Waals surface area contributed by atoms with Crippen LogP contribution in [0.25, 0.3) is 0 Å². The third kappa shape index (κ3) is 3.32. The van der Waals surface area contributed by atoms with Crippen LogP contribution in [-0.2, 0) is 0 Å². The van der Waals surface area contributed by atoms with Crippen molar-refractivity contribution in [1.29, 1.82) is 0 Å². The second kappa shape index (κ2) is 5.85. The van der Waals surface area contributed by atoms with Gasteiger partial charge >= 0.3 is 0 Å². The molecule has 1 aromatic rings. The van der Waals surface area contributed by atoms with Crippen LogP contribution < -0.4 is 5.73 Å². The van der Waals surface area contributed by atoms with Crippen molar-refractivity contribution < 1.29 is 9.59 Å². The summed E-state index contributed by atoms with van der Waals surface area (Å²) in [5, 5.41) is 0.214. The predicted molar refractivity (Wildman–Crippen MR) is 75.4 cm³/mol. The van der Waals surface area contributed by atoms with Gasteiger partial charge in [-0.05, 0) is 30.5 Å². The molecular formula is C15H14ClNO2. The van der Waals surface area contributed by atoms with Crippen LogP contribution in [0.1, 0.15) is 40.0 Å². The van der Waals surface area contributed by atoms with Crippen LogP contribution in [0.5, 0.6) is 0 Å². The summed E-state index contributed by atoms with van der Waals surface area (Å²) in [6, 6.07) is 4.57. The van der Waals surface area contributed by atoms with E-state index in [0.29, 0.717) is 12.0 Å². The van der Waals surface area contributed by atoms with Crippen molar-refractivity contribution >= 4 is 23.3 Å². The average Bonchev–Trinajstić information content (AvgIpc) is 2.39. The van der Waals surface area contributed by atoms with E-state index < -0.39 is 5.91 Å². The quantitative estimate of drug-likeness (QED) is 0.857. The minimum atomic E-state index is -0.595. The average molecular weight is 276 g/mol. The molecule has 1 amide bonds. The van der Waals surface area contributed by atoms with E-state index >= 15 is 0 Å². The molecule has 2 rings (SSSR count). The molecule has 0 unspecified atom stereocenters. The van der Waals surface area contributed by atoms with Gasteiger partial charge in [0.25, 0.3) is 0 Å². The summed E-state index contributed by atoms with van der Waals surface area (Å²) in [5.74, 6) is -0.613. The molecule has 0 radical (unpaired) electrons. The molecule has 3 nitrogen and oxygen atoms in total. The van der Waals surface area contributed by atoms with Gasteiger partial charge in [0.05, 0.1) is 10.6 Å². The number of halogens is 1. The first kappa shape index (κ1) is 13.6. The molecular weight excluding hydrogens is 262 g/mol. The molecule has 2 N–H and O–H groups in total. The standard InChI is InChI=1S/C15H14ClNO2/c16-13-9-11(6-7-12(13)15(17)19)14(18)8-10-4-2-1-3-5-10/h2,4-7,9H,1,3,8H2,(H2,17,19). The lowest BCUT2D eigenvalue weighted by molar-refractivity contribution is 0.0984. The number of benzene rings is 1. The topological polar surface area (TPSA) is 60.2 Å². The Kier molecular flexibility index (Phi) is 4.17. The van der Waals surface area contributed by atoms with Crippen molar-refractivity contribution in [3.05, 3.63) is 58.1 Å². The van der Waals surface area contributed by atoms with E-state index in [-0.39, 0.29) is 16.4 Å². The fraction of sp³-hybridized carbons (Fsp3) is 0.200. The van der Waals surface area contributed by atoms with Gasteiger partial charge in [0.15, 0.2) is 5.78 Å². The molecule has 0 spiro atoms. The third-order valence-electron chi connectivity index (χ3n) is 2.99. The van der Waals surface area contributed by atoms with Crippen LogP contribution in [0.3, 0.4) is 0 Å². The molecule has 1 aromatic carbocycles. The normalized spacial score (nSPS) is 14.1. The third-order valence-corrected chi connectivity index (χ3v) is 3.31. The van der Waals surface area contributed by atoms with Gasteiger partial charge < -0.3 is 5.73 Å². The van der Waals surface area contributed by atoms with Crippen LogP contribution in [0.15, 0.2) is 42.0 Å². The molecule has 1 aliphatic carbocycles. The predicted octanol–water partition coefficient (Wildman–Crippen LogP) is 3.29. The number of hydrogen-bond donors (Lipinski definition) is 1. The number of carbonyl (C=O) groups excluding carboxylic acids is 2. The first-order valence-electron chi connectivity index (χ1n) is 6.06. The van der Waals surface area contributed by atoms with Gasteiger partial charge in [-0.2, -0.15) is 0 Å². The SMILES string of the molecule is NC(=O)c1ccc(C(=O)CC2=CCCC=C2)cc1Cl. The zero-order valence-corrected chi connectivity index (χ0v) is 11.1. The lowest BCUT2D eigenvalue weighted by Gasteiger charge is -2.07. The lowest BCUT2D eigenvalue weighted by atomic mass is 9.98. The number of Topliss-reactive ketones (excluding diaryl/α,β-unsaturated/α-hetero) is 1. The zero-order valence-electron chi connectivity index (χ0n) is 10.4. The van der Waals surface area contributed by atoms with E-state index in [9.17, 15) is 9.59 Å². The van der Waals surface area contributed by atoms with Gasteiger partial charge in [0.1, 0.15) is 0 Å². The molecule has 0 saturated carbocycles. The minimum Gasteiger partial charge on any atom is -0.366 e. The maximum absolute atomic E-state index is 12.1. The van der Waals surface area contributed by atoms with Crippen LogP contribution in [-0.4, -0.2) is 11.7 Å². The monoisotopic (exact) mass is 275 g/mol. The van der Waals surface area contributed by atoms with Gasteiger partial charge in [0.2, 0.25) is 5.91 Å². The number of carbonyl (C=O) groups is 2. The Morgan fingerprint density at radius 3 is 2.63 bits per heavy atom. The zero-order chi connectivity index (χ0) is 13.8. The Morgan fingerprint density at radius 1 is 1.26 bits per heavy atom. The van der Waals surface area contributed by atoms with Crippen LogP contribution in [0, 0.1) is 0 Å². The molecule has 0 aliphatic heterocycles. The van der Waals surface area contributed by atoms with Crippen LogP contribution >= 0.6 is 11.6 Å². The number of amides is 1. The Balaban J connectivity index is 2.16. The highest BCUT2D eigenvalue weighted by Gasteiger charge is 2.12. The number of primary amides is 1. The van der Waals surface area contributed by atoms with E-state index in [2.05, 4.69) is 12.2 Å².